The highest BCUT2D eigenvalue weighted by molar-refractivity contribution is 7.91. The van der Waals surface area contributed by atoms with Crippen LogP contribution in [0.4, 0.5) is 0 Å². The Bertz CT molecular complexity index is 1020. The maximum atomic E-state index is 12.5. The molecule has 0 fully saturated rings. The average Bonchev–Trinajstić information content (AvgIpc) is 3.29. The SMILES string of the molecule is COc1ccc(C(NC(=O)CCNS(=O)(=O)c2cccs2)c2ccccc2)cc1. The Morgan fingerprint density at radius 1 is 1.00 bits per heavy atom. The zero-order valence-corrected chi connectivity index (χ0v) is 17.5. The molecule has 0 saturated heterocycles. The topological polar surface area (TPSA) is 84.5 Å². The van der Waals surface area contributed by atoms with Crippen LogP contribution in [0.5, 0.6) is 5.75 Å². The third kappa shape index (κ3) is 5.66. The lowest BCUT2D eigenvalue weighted by molar-refractivity contribution is -0.121. The van der Waals surface area contributed by atoms with Crippen LogP contribution >= 0.6 is 11.3 Å². The van der Waals surface area contributed by atoms with Gasteiger partial charge < -0.3 is 10.1 Å². The second-order valence-electron chi connectivity index (χ2n) is 6.26. The minimum Gasteiger partial charge on any atom is -0.497 e. The van der Waals surface area contributed by atoms with Crippen molar-refractivity contribution in [2.45, 2.75) is 16.7 Å². The second-order valence-corrected chi connectivity index (χ2v) is 9.21. The summed E-state index contributed by atoms with van der Waals surface area (Å²) < 4.78 is 32.2. The summed E-state index contributed by atoms with van der Waals surface area (Å²) in [7, 11) is -1.98. The third-order valence-corrected chi connectivity index (χ3v) is 7.15. The summed E-state index contributed by atoms with van der Waals surface area (Å²) in [4.78, 5) is 12.5. The molecular formula is C21H22N2O4S2. The van der Waals surface area contributed by atoms with E-state index in [0.29, 0.717) is 0 Å². The quantitative estimate of drug-likeness (QED) is 0.545. The number of sulfonamides is 1. The van der Waals surface area contributed by atoms with Crippen LogP contribution in [0.3, 0.4) is 0 Å². The van der Waals surface area contributed by atoms with Crippen molar-refractivity contribution in [2.75, 3.05) is 13.7 Å². The van der Waals surface area contributed by atoms with Gasteiger partial charge in [-0.25, -0.2) is 13.1 Å². The first-order valence-electron chi connectivity index (χ1n) is 9.01. The lowest BCUT2D eigenvalue weighted by atomic mass is 9.98. The van der Waals surface area contributed by atoms with Gasteiger partial charge in [-0.05, 0) is 34.7 Å². The maximum absolute atomic E-state index is 12.5. The molecular weight excluding hydrogens is 408 g/mol. The van der Waals surface area contributed by atoms with E-state index in [9.17, 15) is 13.2 Å². The van der Waals surface area contributed by atoms with Gasteiger partial charge in [0, 0.05) is 13.0 Å². The van der Waals surface area contributed by atoms with Gasteiger partial charge in [-0.1, -0.05) is 48.5 Å². The third-order valence-electron chi connectivity index (χ3n) is 4.29. The maximum Gasteiger partial charge on any atom is 0.250 e. The van der Waals surface area contributed by atoms with E-state index < -0.39 is 10.0 Å². The number of carbonyl (C=O) groups is 1. The molecule has 0 saturated carbocycles. The molecule has 1 unspecified atom stereocenters. The average molecular weight is 431 g/mol. The molecule has 0 aliphatic heterocycles. The van der Waals surface area contributed by atoms with Crippen LogP contribution in [0.2, 0.25) is 0 Å². The summed E-state index contributed by atoms with van der Waals surface area (Å²) in [6.45, 7) is 0.0240. The normalized spacial score (nSPS) is 12.3. The van der Waals surface area contributed by atoms with Crippen LogP contribution in [-0.4, -0.2) is 28.0 Å². The van der Waals surface area contributed by atoms with Gasteiger partial charge >= 0.3 is 0 Å². The Morgan fingerprint density at radius 3 is 2.31 bits per heavy atom. The molecule has 8 heteroatoms. The molecule has 2 N–H and O–H groups in total. The molecule has 3 aromatic rings. The van der Waals surface area contributed by atoms with E-state index in [4.69, 9.17) is 4.74 Å². The number of ether oxygens (including phenoxy) is 1. The van der Waals surface area contributed by atoms with E-state index in [0.717, 1.165) is 28.2 Å². The van der Waals surface area contributed by atoms with Crippen LogP contribution in [0.15, 0.2) is 76.3 Å². The van der Waals surface area contributed by atoms with Crippen molar-refractivity contribution < 1.29 is 17.9 Å². The highest BCUT2D eigenvalue weighted by atomic mass is 32.2. The molecule has 3 rings (SSSR count). The lowest BCUT2D eigenvalue weighted by Crippen LogP contribution is -2.33. The van der Waals surface area contributed by atoms with Crippen LogP contribution < -0.4 is 14.8 Å². The second kappa shape index (κ2) is 9.69. The molecule has 0 radical (unpaired) electrons. The Labute approximate surface area is 174 Å². The van der Waals surface area contributed by atoms with Crippen molar-refractivity contribution in [2.24, 2.45) is 0 Å². The predicted molar refractivity (Wildman–Crippen MR) is 114 cm³/mol. The number of hydrogen-bond donors (Lipinski definition) is 2. The van der Waals surface area contributed by atoms with Gasteiger partial charge in [-0.15, -0.1) is 11.3 Å². The number of thiophene rings is 1. The molecule has 152 valence electrons. The fraction of sp³-hybridized carbons (Fsp3) is 0.190. The van der Waals surface area contributed by atoms with Gasteiger partial charge in [0.15, 0.2) is 0 Å². The fourth-order valence-corrected chi connectivity index (χ4v) is 4.89. The zero-order valence-electron chi connectivity index (χ0n) is 15.9. The van der Waals surface area contributed by atoms with E-state index >= 15 is 0 Å². The minimum atomic E-state index is -3.58. The summed E-state index contributed by atoms with van der Waals surface area (Å²) in [5, 5.41) is 4.69. The summed E-state index contributed by atoms with van der Waals surface area (Å²) in [6, 6.07) is 19.9. The molecule has 0 aliphatic carbocycles. The van der Waals surface area contributed by atoms with E-state index in [-0.39, 0.29) is 29.1 Å². The van der Waals surface area contributed by atoms with Gasteiger partial charge in [0.05, 0.1) is 13.2 Å². The van der Waals surface area contributed by atoms with E-state index in [2.05, 4.69) is 10.0 Å². The number of nitrogens with one attached hydrogen (secondary N) is 2. The monoisotopic (exact) mass is 430 g/mol. The van der Waals surface area contributed by atoms with Crippen molar-refractivity contribution in [3.8, 4) is 5.75 Å². The van der Waals surface area contributed by atoms with Gasteiger partial charge in [0.1, 0.15) is 9.96 Å². The van der Waals surface area contributed by atoms with Crippen LogP contribution in [0.1, 0.15) is 23.6 Å². The molecule has 2 aromatic carbocycles. The van der Waals surface area contributed by atoms with Crippen molar-refractivity contribution in [3.63, 3.8) is 0 Å². The minimum absolute atomic E-state index is 0.0240. The van der Waals surface area contributed by atoms with Crippen molar-refractivity contribution in [1.29, 1.82) is 0 Å². The predicted octanol–water partition coefficient (Wildman–Crippen LogP) is 3.33. The van der Waals surface area contributed by atoms with Crippen molar-refractivity contribution >= 4 is 27.3 Å². The zero-order chi connectivity index (χ0) is 20.7. The fourth-order valence-electron chi connectivity index (χ4n) is 2.82. The summed E-state index contributed by atoms with van der Waals surface area (Å²) in [6.07, 6.45) is 0.0318. The van der Waals surface area contributed by atoms with Gasteiger partial charge in [0.25, 0.3) is 0 Å². The number of benzene rings is 2. The van der Waals surface area contributed by atoms with Crippen LogP contribution in [-0.2, 0) is 14.8 Å². The molecule has 1 atom stereocenters. The molecule has 0 aliphatic rings. The molecule has 1 amide bonds. The highest BCUT2D eigenvalue weighted by Gasteiger charge is 2.18. The molecule has 6 nitrogen and oxygen atoms in total. The summed E-state index contributed by atoms with van der Waals surface area (Å²) >= 11 is 1.14. The first kappa shape index (κ1) is 21.0. The largest absolute Gasteiger partial charge is 0.497 e. The van der Waals surface area contributed by atoms with Crippen molar-refractivity contribution in [3.05, 3.63) is 83.2 Å². The Hall–Kier alpha value is -2.68. The standard InChI is InChI=1S/C21H22N2O4S2/c1-27-18-11-9-17(10-12-18)21(16-6-3-2-4-7-16)23-19(24)13-14-22-29(25,26)20-8-5-15-28-20/h2-12,15,21-22H,13-14H2,1H3,(H,23,24). The van der Waals surface area contributed by atoms with Crippen molar-refractivity contribution in [1.82, 2.24) is 10.0 Å². The first-order chi connectivity index (χ1) is 14.0. The van der Waals surface area contributed by atoms with E-state index in [1.807, 2.05) is 54.6 Å². The van der Waals surface area contributed by atoms with E-state index in [1.54, 1.807) is 18.6 Å². The molecule has 29 heavy (non-hydrogen) atoms. The number of carbonyl (C=O) groups excluding carboxylic acids is 1. The Morgan fingerprint density at radius 2 is 1.69 bits per heavy atom. The van der Waals surface area contributed by atoms with Gasteiger partial charge in [-0.2, -0.15) is 0 Å². The number of hydrogen-bond acceptors (Lipinski definition) is 5. The Balaban J connectivity index is 1.66. The Kier molecular flexibility index (Phi) is 7.03. The lowest BCUT2D eigenvalue weighted by Gasteiger charge is -2.20. The summed E-state index contributed by atoms with van der Waals surface area (Å²) in [5.74, 6) is 0.485. The van der Waals surface area contributed by atoms with Gasteiger partial charge in [-0.3, -0.25) is 4.79 Å². The van der Waals surface area contributed by atoms with Crippen LogP contribution in [0.25, 0.3) is 0 Å². The molecule has 0 bridgehead atoms. The molecule has 1 aromatic heterocycles. The molecule has 1 heterocycles. The number of amides is 1. The highest BCUT2D eigenvalue weighted by Crippen LogP contribution is 2.24. The van der Waals surface area contributed by atoms with E-state index in [1.165, 1.54) is 6.07 Å². The summed E-state index contributed by atoms with van der Waals surface area (Å²) in [5.41, 5.74) is 1.84. The first-order valence-corrected chi connectivity index (χ1v) is 11.4. The number of methoxy groups -OCH3 is 1. The van der Waals surface area contributed by atoms with Gasteiger partial charge in [0.2, 0.25) is 15.9 Å². The molecule has 0 spiro atoms. The number of rotatable bonds is 9. The smallest absolute Gasteiger partial charge is 0.250 e. The van der Waals surface area contributed by atoms with Crippen LogP contribution in [0, 0.1) is 0 Å².